The topological polar surface area (TPSA) is 88.1 Å². The van der Waals surface area contributed by atoms with Crippen LogP contribution in [-0.2, 0) is 26.3 Å². The van der Waals surface area contributed by atoms with E-state index in [1.807, 2.05) is 44.2 Å². The Morgan fingerprint density at radius 3 is 2.20 bits per heavy atom. The molecule has 1 amide bonds. The Hall–Kier alpha value is -2.90. The minimum atomic E-state index is -1.03. The number of hydrogen-bond acceptors (Lipinski definition) is 5. The van der Waals surface area contributed by atoms with Gasteiger partial charge < -0.3 is 24.8 Å². The maximum absolute atomic E-state index is 14.3. The summed E-state index contributed by atoms with van der Waals surface area (Å²) in [5.41, 5.74) is 2.23. The Bertz CT molecular complexity index is 1200. The number of amides is 1. The molecule has 1 aliphatic carbocycles. The van der Waals surface area contributed by atoms with Gasteiger partial charge >= 0.3 is 5.97 Å². The quantitative estimate of drug-likeness (QED) is 0.382. The first-order valence-electron chi connectivity index (χ1n) is 15.0. The number of likely N-dealkylation sites (tertiary alicyclic amines) is 1. The summed E-state index contributed by atoms with van der Waals surface area (Å²) in [5, 5.41) is 14.4. The van der Waals surface area contributed by atoms with E-state index < -0.39 is 29.6 Å². The molecule has 224 valence electrons. The van der Waals surface area contributed by atoms with Gasteiger partial charge in [0.25, 0.3) is 0 Å². The number of benzene rings is 2. The van der Waals surface area contributed by atoms with Crippen LogP contribution in [-0.4, -0.2) is 53.8 Å². The molecule has 0 spiro atoms. The van der Waals surface area contributed by atoms with E-state index in [9.17, 15) is 14.7 Å². The van der Waals surface area contributed by atoms with E-state index >= 15 is 0 Å². The highest BCUT2D eigenvalue weighted by molar-refractivity contribution is 5.87. The predicted octanol–water partition coefficient (Wildman–Crippen LogP) is 6.11. The molecule has 1 aliphatic heterocycles. The number of ether oxygens (including phenoxy) is 2. The summed E-state index contributed by atoms with van der Waals surface area (Å²) in [6.07, 6.45) is 4.72. The van der Waals surface area contributed by atoms with Crippen LogP contribution in [0.25, 0.3) is 0 Å². The fourth-order valence-corrected chi connectivity index (χ4v) is 6.81. The third kappa shape index (κ3) is 6.46. The zero-order valence-corrected chi connectivity index (χ0v) is 25.8. The Labute approximate surface area is 245 Å². The van der Waals surface area contributed by atoms with Crippen molar-refractivity contribution in [2.75, 3.05) is 14.2 Å². The standard InChI is InChI=1S/C34H48N2O5/c1-33(2,3)25-19-18-24(26(20-25)40-6)21-35-28-27(34(4,5)41-7)30(32(38)39)36(29(28)22-14-10-8-11-15-22)31(37)23-16-12-9-13-17-23/h8,10-11,14-15,18-20,23,27-30,35H,9,12-13,16-17,21H2,1-7H3,(H,38,39)/t27-,28-,29-,30-/m0/s1. The van der Waals surface area contributed by atoms with Gasteiger partial charge in [-0.2, -0.15) is 0 Å². The molecule has 4 rings (SSSR count). The van der Waals surface area contributed by atoms with Gasteiger partial charge in [-0.3, -0.25) is 4.79 Å². The lowest BCUT2D eigenvalue weighted by atomic mass is 9.79. The van der Waals surface area contributed by atoms with E-state index in [0.717, 1.165) is 49.0 Å². The summed E-state index contributed by atoms with van der Waals surface area (Å²) < 4.78 is 11.8. The normalized spacial score (nSPS) is 23.9. The van der Waals surface area contributed by atoms with Crippen molar-refractivity contribution in [3.8, 4) is 5.75 Å². The maximum Gasteiger partial charge on any atom is 0.326 e. The van der Waals surface area contributed by atoms with Gasteiger partial charge in [0.15, 0.2) is 0 Å². The first kappa shape index (κ1) is 31.0. The largest absolute Gasteiger partial charge is 0.496 e. The van der Waals surface area contributed by atoms with Crippen LogP contribution >= 0.6 is 0 Å². The van der Waals surface area contributed by atoms with Crippen LogP contribution in [0.3, 0.4) is 0 Å². The van der Waals surface area contributed by atoms with Gasteiger partial charge in [-0.1, -0.05) is 82.5 Å². The van der Waals surface area contributed by atoms with Crippen LogP contribution in [0, 0.1) is 11.8 Å². The van der Waals surface area contributed by atoms with Crippen LogP contribution < -0.4 is 10.1 Å². The third-order valence-electron chi connectivity index (χ3n) is 9.28. The van der Waals surface area contributed by atoms with Crippen LogP contribution in [0.2, 0.25) is 0 Å². The highest BCUT2D eigenvalue weighted by Gasteiger charge is 2.59. The molecule has 1 heterocycles. The van der Waals surface area contributed by atoms with Crippen molar-refractivity contribution in [1.82, 2.24) is 10.2 Å². The van der Waals surface area contributed by atoms with Crippen molar-refractivity contribution in [3.05, 3.63) is 65.2 Å². The molecule has 2 aromatic carbocycles. The van der Waals surface area contributed by atoms with Crippen molar-refractivity contribution < 1.29 is 24.2 Å². The monoisotopic (exact) mass is 564 g/mol. The third-order valence-corrected chi connectivity index (χ3v) is 9.28. The summed E-state index contributed by atoms with van der Waals surface area (Å²) in [4.78, 5) is 29.1. The van der Waals surface area contributed by atoms with Crippen LogP contribution in [0.1, 0.15) is 89.5 Å². The molecule has 2 aliphatic rings. The molecule has 2 fully saturated rings. The number of rotatable bonds is 9. The van der Waals surface area contributed by atoms with Gasteiger partial charge in [-0.25, -0.2) is 4.79 Å². The zero-order valence-electron chi connectivity index (χ0n) is 25.8. The number of nitrogens with zero attached hydrogens (tertiary/aromatic N) is 1. The van der Waals surface area contributed by atoms with Crippen LogP contribution in [0.15, 0.2) is 48.5 Å². The zero-order chi connectivity index (χ0) is 29.9. The molecular weight excluding hydrogens is 516 g/mol. The van der Waals surface area contributed by atoms with E-state index in [1.165, 1.54) is 5.56 Å². The maximum atomic E-state index is 14.3. The highest BCUT2D eigenvalue weighted by Crippen LogP contribution is 2.47. The van der Waals surface area contributed by atoms with Gasteiger partial charge in [0, 0.05) is 37.1 Å². The lowest BCUT2D eigenvalue weighted by Gasteiger charge is -2.37. The molecule has 0 radical (unpaired) electrons. The number of carboxylic acid groups (broad SMARTS) is 1. The summed E-state index contributed by atoms with van der Waals surface area (Å²) in [7, 11) is 3.29. The van der Waals surface area contributed by atoms with Crippen molar-refractivity contribution in [1.29, 1.82) is 0 Å². The number of carboxylic acids is 1. The molecular formula is C34H48N2O5. The number of hydrogen-bond donors (Lipinski definition) is 2. The van der Waals surface area contributed by atoms with E-state index in [0.29, 0.717) is 6.54 Å². The molecule has 7 heteroatoms. The first-order chi connectivity index (χ1) is 19.4. The molecule has 7 nitrogen and oxygen atoms in total. The molecule has 0 aromatic heterocycles. The average molecular weight is 565 g/mol. The van der Waals surface area contributed by atoms with Crippen molar-refractivity contribution in [2.24, 2.45) is 11.8 Å². The van der Waals surface area contributed by atoms with E-state index in [2.05, 4.69) is 44.3 Å². The lowest BCUT2D eigenvalue weighted by molar-refractivity contribution is -0.156. The van der Waals surface area contributed by atoms with E-state index in [-0.39, 0.29) is 23.3 Å². The minimum Gasteiger partial charge on any atom is -0.496 e. The Morgan fingerprint density at radius 1 is 0.976 bits per heavy atom. The van der Waals surface area contributed by atoms with Gasteiger partial charge in [-0.05, 0) is 49.3 Å². The van der Waals surface area contributed by atoms with Gasteiger partial charge in [0.05, 0.1) is 18.8 Å². The summed E-state index contributed by atoms with van der Waals surface area (Å²) in [6, 6.07) is 14.2. The molecule has 41 heavy (non-hydrogen) atoms. The van der Waals surface area contributed by atoms with Crippen LogP contribution in [0.4, 0.5) is 0 Å². The first-order valence-corrected chi connectivity index (χ1v) is 15.0. The minimum absolute atomic E-state index is 0.0224. The Kier molecular flexibility index (Phi) is 9.49. The van der Waals surface area contributed by atoms with Gasteiger partial charge in [0.2, 0.25) is 5.91 Å². The second kappa shape index (κ2) is 12.5. The summed E-state index contributed by atoms with van der Waals surface area (Å²) in [6.45, 7) is 10.8. The number of aliphatic carboxylic acids is 1. The van der Waals surface area contributed by atoms with E-state index in [1.54, 1.807) is 19.1 Å². The van der Waals surface area contributed by atoms with Crippen molar-refractivity contribution in [2.45, 2.75) is 102 Å². The highest BCUT2D eigenvalue weighted by atomic mass is 16.5. The predicted molar refractivity (Wildman–Crippen MR) is 161 cm³/mol. The Morgan fingerprint density at radius 2 is 1.63 bits per heavy atom. The Balaban J connectivity index is 1.80. The van der Waals surface area contributed by atoms with Crippen molar-refractivity contribution in [3.63, 3.8) is 0 Å². The number of nitrogens with one attached hydrogen (secondary N) is 1. The molecule has 2 N–H and O–H groups in total. The fourth-order valence-electron chi connectivity index (χ4n) is 6.81. The number of carbonyl (C=O) groups excluding carboxylic acids is 1. The molecule has 4 atom stereocenters. The lowest BCUT2D eigenvalue weighted by Crippen LogP contribution is -2.53. The van der Waals surface area contributed by atoms with Gasteiger partial charge in [-0.15, -0.1) is 0 Å². The molecule has 0 unspecified atom stereocenters. The second-order valence-electron chi connectivity index (χ2n) is 13.2. The van der Waals surface area contributed by atoms with Crippen molar-refractivity contribution >= 4 is 11.9 Å². The average Bonchev–Trinajstić information content (AvgIpc) is 3.32. The van der Waals surface area contributed by atoms with Gasteiger partial charge in [0.1, 0.15) is 11.8 Å². The molecule has 1 saturated carbocycles. The summed E-state index contributed by atoms with van der Waals surface area (Å²) in [5.74, 6) is -0.943. The molecule has 2 aromatic rings. The smallest absolute Gasteiger partial charge is 0.326 e. The summed E-state index contributed by atoms with van der Waals surface area (Å²) >= 11 is 0. The van der Waals surface area contributed by atoms with Crippen LogP contribution in [0.5, 0.6) is 5.75 Å². The second-order valence-corrected chi connectivity index (χ2v) is 13.2. The fraction of sp³-hybridized carbons (Fsp3) is 0.588. The molecule has 1 saturated heterocycles. The number of methoxy groups -OCH3 is 2. The SMILES string of the molecule is COc1cc(C(C)(C)C)ccc1CN[C@H]1[C@H](C(C)(C)OC)[C@@H](C(=O)O)N(C(=O)C2CCCCC2)[C@H]1c1ccccc1. The number of carbonyl (C=O) groups is 2. The molecule has 0 bridgehead atoms. The van der Waals surface area contributed by atoms with E-state index in [4.69, 9.17) is 9.47 Å².